The van der Waals surface area contributed by atoms with E-state index in [1.54, 1.807) is 49.4 Å². The predicted molar refractivity (Wildman–Crippen MR) is 263 cm³/mol. The molecule has 3 aromatic rings. The van der Waals surface area contributed by atoms with Crippen molar-refractivity contribution in [2.45, 2.75) is 118 Å². The molecule has 0 aliphatic carbocycles. The maximum absolute atomic E-state index is 14.2. The first-order chi connectivity index (χ1) is 30.2. The lowest BCUT2D eigenvalue weighted by Crippen LogP contribution is -2.55. The molecule has 67 heavy (non-hydrogen) atoms. The molecule has 16 nitrogen and oxygen atoms in total. The van der Waals surface area contributed by atoms with Crippen LogP contribution in [0.5, 0.6) is 11.5 Å². The van der Waals surface area contributed by atoms with E-state index < -0.39 is 60.3 Å². The van der Waals surface area contributed by atoms with E-state index in [-0.39, 0.29) is 85.4 Å². The van der Waals surface area contributed by atoms with Gasteiger partial charge >= 0.3 is 19.7 Å². The Kier molecular flexibility index (Phi) is 25.6. The minimum atomic E-state index is -4.06. The fraction of sp³-hybridized carbons (Fsp3) is 0.551. The first-order valence-electron chi connectivity index (χ1n) is 21.2. The molecule has 2 saturated heterocycles. The normalized spacial score (nSPS) is 19.6. The zero-order chi connectivity index (χ0) is 45.7. The summed E-state index contributed by atoms with van der Waals surface area (Å²) in [6.07, 6.45) is -3.00. The summed E-state index contributed by atoms with van der Waals surface area (Å²) < 4.78 is 82.6. The van der Waals surface area contributed by atoms with Gasteiger partial charge in [0.1, 0.15) is 17.6 Å². The quantitative estimate of drug-likeness (QED) is 0.0621. The molecule has 3 heterocycles. The van der Waals surface area contributed by atoms with E-state index in [0.717, 1.165) is 11.1 Å². The molecule has 1 unspecified atom stereocenters. The summed E-state index contributed by atoms with van der Waals surface area (Å²) in [7, 11) is -6.48. The highest BCUT2D eigenvalue weighted by molar-refractivity contribution is 7.89. The van der Waals surface area contributed by atoms with Crippen molar-refractivity contribution < 1.29 is 60.4 Å². The van der Waals surface area contributed by atoms with Crippen molar-refractivity contribution in [2.75, 3.05) is 53.1 Å². The van der Waals surface area contributed by atoms with Gasteiger partial charge in [0.15, 0.2) is 12.4 Å². The molecule has 0 bridgehead atoms. The van der Waals surface area contributed by atoms with Gasteiger partial charge in [-0.05, 0) is 85.7 Å². The molecule has 1 amide bonds. The Bertz CT molecular complexity index is 2110. The molecule has 378 valence electrons. The summed E-state index contributed by atoms with van der Waals surface area (Å²) in [6.45, 7) is 14.8. The molecule has 0 spiro atoms. The molecular weight excluding hydrogens is 902 g/mol. The fourth-order valence-electron chi connectivity index (χ4n) is 7.74. The van der Waals surface area contributed by atoms with Crippen LogP contribution in [0.1, 0.15) is 80.5 Å². The number of aliphatic hydroxyl groups excluding tert-OH is 1. The van der Waals surface area contributed by atoms with Crippen LogP contribution in [0.25, 0.3) is 0 Å². The third-order valence-corrected chi connectivity index (χ3v) is 14.5. The number of para-hydroxylation sites is 1. The van der Waals surface area contributed by atoms with Crippen molar-refractivity contribution in [3.8, 4) is 11.5 Å². The average Bonchev–Trinajstić information content (AvgIpc) is 3.89. The number of nitrogens with zero attached hydrogens (tertiary/aromatic N) is 2. The summed E-state index contributed by atoms with van der Waals surface area (Å²) in [5, 5.41) is 14.8. The van der Waals surface area contributed by atoms with Crippen LogP contribution in [0.3, 0.4) is 0 Å². The zero-order valence-corrected chi connectivity index (χ0v) is 38.5. The molecule has 2 fully saturated rings. The number of alkyl carbamates (subject to hydrolysis) is 1. The molecule has 2 N–H and O–H groups in total. The van der Waals surface area contributed by atoms with Crippen LogP contribution >= 0.6 is 7.60 Å². The highest BCUT2D eigenvalue weighted by Gasteiger charge is 2.44. The minimum Gasteiger partial charge on any atom is -0.497 e. The van der Waals surface area contributed by atoms with E-state index in [9.17, 15) is 27.7 Å². The molecule has 0 saturated carbocycles. The number of hydrogen-bond acceptors (Lipinski definition) is 14. The van der Waals surface area contributed by atoms with Crippen molar-refractivity contribution in [2.24, 2.45) is 11.8 Å². The smallest absolute Gasteiger partial charge is 0.407 e. The van der Waals surface area contributed by atoms with Gasteiger partial charge in [-0.1, -0.05) is 80.0 Å². The Morgan fingerprint density at radius 2 is 1.64 bits per heavy atom. The second-order valence-corrected chi connectivity index (χ2v) is 19.8. The number of rotatable bonds is 20. The van der Waals surface area contributed by atoms with Crippen LogP contribution in [0.4, 0.5) is 4.79 Å². The molecule has 7 atom stereocenters. The number of esters is 1. The number of benzene rings is 3. The number of aliphatic hydroxyl groups is 1. The second kappa shape index (κ2) is 28.2. The van der Waals surface area contributed by atoms with Crippen LogP contribution < -0.4 is 14.6 Å². The SMILES string of the molecule is C.C.C.C.C=C.CCOC(=O)[C@H](C)OP(=O)(Cc1ccc2c(c1)CCN(C[C@H](NC(=O)O[C@H]1CO[C@H]3OCC[C@H]31)[C@H](O)CN(CC(C)C)S(=O)(=O)c1ccc(OC)cc1)C2)Oc1ccccc1. The minimum absolute atomic E-state index is 0. The van der Waals surface area contributed by atoms with E-state index in [2.05, 4.69) is 23.4 Å². The third kappa shape index (κ3) is 16.7. The molecule has 3 aliphatic rings. The van der Waals surface area contributed by atoms with Gasteiger partial charge in [-0.3, -0.25) is 9.42 Å². The van der Waals surface area contributed by atoms with Gasteiger partial charge < -0.3 is 38.6 Å². The van der Waals surface area contributed by atoms with Crippen LogP contribution in [-0.2, 0) is 62.0 Å². The van der Waals surface area contributed by atoms with Crippen molar-refractivity contribution in [1.29, 1.82) is 0 Å². The van der Waals surface area contributed by atoms with Gasteiger partial charge in [0, 0.05) is 32.7 Å². The molecule has 0 radical (unpaired) electrons. The van der Waals surface area contributed by atoms with Crippen LogP contribution in [0, 0.1) is 11.8 Å². The van der Waals surface area contributed by atoms with Gasteiger partial charge in [0.2, 0.25) is 10.0 Å². The van der Waals surface area contributed by atoms with E-state index in [1.807, 2.05) is 32.0 Å². The van der Waals surface area contributed by atoms with E-state index in [0.29, 0.717) is 49.6 Å². The number of methoxy groups -OCH3 is 1. The Morgan fingerprint density at radius 3 is 2.28 bits per heavy atom. The third-order valence-electron chi connectivity index (χ3n) is 10.8. The maximum Gasteiger partial charge on any atom is 0.407 e. The Morgan fingerprint density at radius 1 is 0.955 bits per heavy atom. The van der Waals surface area contributed by atoms with Gasteiger partial charge in [-0.25, -0.2) is 22.6 Å². The summed E-state index contributed by atoms with van der Waals surface area (Å²) in [4.78, 5) is 28.1. The summed E-state index contributed by atoms with van der Waals surface area (Å²) in [5.41, 5.74) is 2.67. The Labute approximate surface area is 400 Å². The molecule has 18 heteroatoms. The molecule has 6 rings (SSSR count). The Balaban J connectivity index is 0.00000369. The van der Waals surface area contributed by atoms with Crippen molar-refractivity contribution in [1.82, 2.24) is 14.5 Å². The number of amides is 1. The first-order valence-corrected chi connectivity index (χ1v) is 24.4. The topological polar surface area (TPSA) is 189 Å². The number of nitrogens with one attached hydrogen (secondary N) is 1. The van der Waals surface area contributed by atoms with Crippen LogP contribution in [0.2, 0.25) is 0 Å². The van der Waals surface area contributed by atoms with Gasteiger partial charge in [-0.15, -0.1) is 13.2 Å². The molecular formula is C49H78N3O13PS. The first kappa shape index (κ1) is 60.7. The van der Waals surface area contributed by atoms with E-state index in [4.69, 9.17) is 32.7 Å². The zero-order valence-electron chi connectivity index (χ0n) is 36.8. The van der Waals surface area contributed by atoms with Gasteiger partial charge in [0.25, 0.3) is 0 Å². The largest absolute Gasteiger partial charge is 0.497 e. The lowest BCUT2D eigenvalue weighted by molar-refractivity contribution is -0.150. The lowest BCUT2D eigenvalue weighted by atomic mass is 9.97. The fourth-order valence-corrected chi connectivity index (χ4v) is 11.2. The number of fused-ring (bicyclic) bond motifs is 2. The average molecular weight is 980 g/mol. The summed E-state index contributed by atoms with van der Waals surface area (Å²) in [6, 6.07) is 19.5. The number of carbonyl (C=O) groups excluding carboxylic acids is 2. The standard InChI is InChI=1S/C43H58N3O13PS.C2H4.4CH4/c1-6-54-41(48)30(4)58-60(50,59-35-10-8-7-9-11-35)28-31-12-13-33-24-45(20-18-32(33)22-31)25-38(44-43(49)57-40-27-56-42-37(40)19-21-55-42)39(47)26-46(23-29(2)3)61(51,52)36-16-14-34(53-5)15-17-36;1-2;;;;/h7-17,22,29-30,37-40,42,47H,6,18-21,23-28H2,1-5H3,(H,44,49);1-2H2;4*1H4/t30-,37-,38-,39+,40-,42+,60?;;;;;/m0...../s1. The molecule has 3 aromatic carbocycles. The Hall–Kier alpha value is -4.32. The molecule has 3 aliphatic heterocycles. The summed E-state index contributed by atoms with van der Waals surface area (Å²) in [5.74, 6) is 0.0257. The van der Waals surface area contributed by atoms with Crippen molar-refractivity contribution in [3.63, 3.8) is 0 Å². The number of ether oxygens (including phenoxy) is 5. The number of carbonyl (C=O) groups is 2. The summed E-state index contributed by atoms with van der Waals surface area (Å²) >= 11 is 0. The number of sulfonamides is 1. The monoisotopic (exact) mass is 979 g/mol. The number of hydrogen-bond donors (Lipinski definition) is 2. The van der Waals surface area contributed by atoms with Gasteiger partial charge in [-0.2, -0.15) is 4.31 Å². The highest BCUT2D eigenvalue weighted by Crippen LogP contribution is 2.52. The van der Waals surface area contributed by atoms with Crippen molar-refractivity contribution in [3.05, 3.63) is 103 Å². The van der Waals surface area contributed by atoms with Crippen molar-refractivity contribution >= 4 is 29.7 Å². The molecule has 0 aromatic heterocycles. The van der Waals surface area contributed by atoms with Gasteiger partial charge in [0.05, 0.1) is 56.1 Å². The van der Waals surface area contributed by atoms with E-state index >= 15 is 0 Å². The highest BCUT2D eigenvalue weighted by atomic mass is 32.2. The second-order valence-electron chi connectivity index (χ2n) is 15.9. The van der Waals surface area contributed by atoms with Crippen LogP contribution in [-0.4, -0.2) is 119 Å². The van der Waals surface area contributed by atoms with E-state index in [1.165, 1.54) is 30.5 Å². The maximum atomic E-state index is 14.2. The van der Waals surface area contributed by atoms with Crippen LogP contribution in [0.15, 0.2) is 90.8 Å². The lowest BCUT2D eigenvalue weighted by Gasteiger charge is -2.35. The predicted octanol–water partition coefficient (Wildman–Crippen LogP) is 8.70.